The Labute approximate surface area is 102 Å². The van der Waals surface area contributed by atoms with Gasteiger partial charge < -0.3 is 9.47 Å². The topological polar surface area (TPSA) is 35.5 Å². The summed E-state index contributed by atoms with van der Waals surface area (Å²) in [7, 11) is 1.63. The van der Waals surface area contributed by atoms with Gasteiger partial charge in [-0.05, 0) is 36.6 Å². The summed E-state index contributed by atoms with van der Waals surface area (Å²) in [5.41, 5.74) is 1.91. The lowest BCUT2D eigenvalue weighted by Gasteiger charge is -2.05. The second-order valence-electron chi connectivity index (χ2n) is 3.97. The summed E-state index contributed by atoms with van der Waals surface area (Å²) in [6, 6.07) is 7.68. The molecule has 0 aliphatic carbocycles. The van der Waals surface area contributed by atoms with Crippen LogP contribution in [0.4, 0.5) is 0 Å². The van der Waals surface area contributed by atoms with Gasteiger partial charge in [-0.15, -0.1) is 0 Å². The van der Waals surface area contributed by atoms with Crippen LogP contribution in [-0.2, 0) is 16.0 Å². The van der Waals surface area contributed by atoms with Gasteiger partial charge in [0, 0.05) is 6.42 Å². The van der Waals surface area contributed by atoms with Crippen LogP contribution in [0.1, 0.15) is 18.9 Å². The third-order valence-corrected chi connectivity index (χ3v) is 2.23. The van der Waals surface area contributed by atoms with Crippen molar-refractivity contribution in [2.45, 2.75) is 19.8 Å². The van der Waals surface area contributed by atoms with E-state index in [0.717, 1.165) is 16.9 Å². The van der Waals surface area contributed by atoms with Gasteiger partial charge in [-0.25, -0.2) is 0 Å². The molecule has 3 nitrogen and oxygen atoms in total. The van der Waals surface area contributed by atoms with E-state index in [1.165, 1.54) is 0 Å². The molecule has 0 unspecified atom stereocenters. The number of ether oxygens (including phenoxy) is 2. The molecule has 0 radical (unpaired) electrons. The molecule has 1 aromatic carbocycles. The molecule has 17 heavy (non-hydrogen) atoms. The van der Waals surface area contributed by atoms with E-state index < -0.39 is 0 Å². The first-order valence-electron chi connectivity index (χ1n) is 5.54. The maximum absolute atomic E-state index is 11.4. The average Bonchev–Trinajstić information content (AvgIpc) is 2.34. The summed E-state index contributed by atoms with van der Waals surface area (Å²) < 4.78 is 10.1. The third kappa shape index (κ3) is 5.20. The molecule has 0 aliphatic heterocycles. The number of esters is 1. The van der Waals surface area contributed by atoms with Crippen molar-refractivity contribution in [3.63, 3.8) is 0 Å². The Morgan fingerprint density at radius 3 is 2.82 bits per heavy atom. The summed E-state index contributed by atoms with van der Waals surface area (Å²) in [5, 5.41) is 0. The van der Waals surface area contributed by atoms with Crippen LogP contribution in [0.5, 0.6) is 5.75 Å². The standard InChI is InChI=1S/C14H18O3/c1-11(2)10-17-14(15)8-7-12-5-4-6-13(9-12)16-3/h4-6,9H,1,7-8,10H2,2-3H3. The predicted octanol–water partition coefficient (Wildman–Crippen LogP) is 2.75. The summed E-state index contributed by atoms with van der Waals surface area (Å²) in [5.74, 6) is 0.605. The van der Waals surface area contributed by atoms with Crippen molar-refractivity contribution in [2.75, 3.05) is 13.7 Å². The molecule has 0 heterocycles. The van der Waals surface area contributed by atoms with E-state index in [-0.39, 0.29) is 5.97 Å². The molecule has 3 heteroatoms. The van der Waals surface area contributed by atoms with E-state index >= 15 is 0 Å². The highest BCUT2D eigenvalue weighted by molar-refractivity contribution is 5.69. The van der Waals surface area contributed by atoms with Crippen LogP contribution in [0.3, 0.4) is 0 Å². The largest absolute Gasteiger partial charge is 0.497 e. The predicted molar refractivity (Wildman–Crippen MR) is 67.1 cm³/mol. The molecular weight excluding hydrogens is 216 g/mol. The zero-order valence-corrected chi connectivity index (χ0v) is 10.4. The highest BCUT2D eigenvalue weighted by atomic mass is 16.5. The molecule has 0 aromatic heterocycles. The summed E-state index contributed by atoms with van der Waals surface area (Å²) >= 11 is 0. The molecule has 1 rings (SSSR count). The Hall–Kier alpha value is -1.77. The molecule has 0 amide bonds. The van der Waals surface area contributed by atoms with Crippen molar-refractivity contribution < 1.29 is 14.3 Å². The van der Waals surface area contributed by atoms with Crippen LogP contribution >= 0.6 is 0 Å². The smallest absolute Gasteiger partial charge is 0.306 e. The van der Waals surface area contributed by atoms with Crippen molar-refractivity contribution in [1.29, 1.82) is 0 Å². The van der Waals surface area contributed by atoms with Crippen LogP contribution in [0.25, 0.3) is 0 Å². The van der Waals surface area contributed by atoms with E-state index in [1.54, 1.807) is 7.11 Å². The van der Waals surface area contributed by atoms with Crippen LogP contribution in [0.2, 0.25) is 0 Å². The Bertz CT molecular complexity index is 396. The number of carbonyl (C=O) groups is 1. The number of hydrogen-bond donors (Lipinski definition) is 0. The minimum absolute atomic E-state index is 0.198. The minimum Gasteiger partial charge on any atom is -0.497 e. The fourth-order valence-corrected chi connectivity index (χ4v) is 1.35. The van der Waals surface area contributed by atoms with Crippen molar-refractivity contribution in [3.05, 3.63) is 42.0 Å². The molecule has 0 fully saturated rings. The summed E-state index contributed by atoms with van der Waals surface area (Å²) in [4.78, 5) is 11.4. The quantitative estimate of drug-likeness (QED) is 0.561. The van der Waals surface area contributed by atoms with Gasteiger partial charge in [0.25, 0.3) is 0 Å². The Balaban J connectivity index is 2.39. The van der Waals surface area contributed by atoms with Gasteiger partial charge in [0.15, 0.2) is 0 Å². The van der Waals surface area contributed by atoms with Gasteiger partial charge in [0.05, 0.1) is 7.11 Å². The van der Waals surface area contributed by atoms with Gasteiger partial charge in [0.2, 0.25) is 0 Å². The van der Waals surface area contributed by atoms with E-state index in [0.29, 0.717) is 19.4 Å². The second kappa shape index (κ2) is 6.74. The van der Waals surface area contributed by atoms with Gasteiger partial charge in [-0.3, -0.25) is 4.79 Å². The highest BCUT2D eigenvalue weighted by Gasteiger charge is 2.04. The van der Waals surface area contributed by atoms with E-state index in [2.05, 4.69) is 6.58 Å². The molecule has 0 spiro atoms. The van der Waals surface area contributed by atoms with Crippen LogP contribution in [0, 0.1) is 0 Å². The molecule has 92 valence electrons. The van der Waals surface area contributed by atoms with Gasteiger partial charge in [-0.1, -0.05) is 18.7 Å². The molecular formula is C14H18O3. The first kappa shape index (κ1) is 13.3. The Morgan fingerprint density at radius 2 is 2.18 bits per heavy atom. The second-order valence-corrected chi connectivity index (χ2v) is 3.97. The average molecular weight is 234 g/mol. The van der Waals surface area contributed by atoms with Crippen LogP contribution < -0.4 is 4.74 Å². The van der Waals surface area contributed by atoms with Crippen molar-refractivity contribution >= 4 is 5.97 Å². The van der Waals surface area contributed by atoms with E-state index in [1.807, 2.05) is 31.2 Å². The van der Waals surface area contributed by atoms with Crippen molar-refractivity contribution in [1.82, 2.24) is 0 Å². The minimum atomic E-state index is -0.198. The number of rotatable bonds is 6. The van der Waals surface area contributed by atoms with Crippen molar-refractivity contribution in [3.8, 4) is 5.75 Å². The number of methoxy groups -OCH3 is 1. The Kier molecular flexibility index (Phi) is 5.27. The molecule has 0 saturated carbocycles. The maximum Gasteiger partial charge on any atom is 0.306 e. The number of carbonyl (C=O) groups excluding carboxylic acids is 1. The number of aryl methyl sites for hydroxylation is 1. The van der Waals surface area contributed by atoms with E-state index in [4.69, 9.17) is 9.47 Å². The fraction of sp³-hybridized carbons (Fsp3) is 0.357. The van der Waals surface area contributed by atoms with Gasteiger partial charge in [-0.2, -0.15) is 0 Å². The lowest BCUT2D eigenvalue weighted by atomic mass is 10.1. The lowest BCUT2D eigenvalue weighted by molar-refractivity contribution is -0.142. The highest BCUT2D eigenvalue weighted by Crippen LogP contribution is 2.14. The van der Waals surface area contributed by atoms with Gasteiger partial charge >= 0.3 is 5.97 Å². The van der Waals surface area contributed by atoms with Crippen LogP contribution in [0.15, 0.2) is 36.4 Å². The number of benzene rings is 1. The zero-order chi connectivity index (χ0) is 12.7. The first-order chi connectivity index (χ1) is 8.11. The van der Waals surface area contributed by atoms with Gasteiger partial charge in [0.1, 0.15) is 12.4 Å². The molecule has 0 aliphatic rings. The normalized spacial score (nSPS) is 9.76. The van der Waals surface area contributed by atoms with E-state index in [9.17, 15) is 4.79 Å². The van der Waals surface area contributed by atoms with Crippen molar-refractivity contribution in [2.24, 2.45) is 0 Å². The maximum atomic E-state index is 11.4. The fourth-order valence-electron chi connectivity index (χ4n) is 1.35. The molecule has 0 saturated heterocycles. The first-order valence-corrected chi connectivity index (χ1v) is 5.54. The molecule has 1 aromatic rings. The third-order valence-electron chi connectivity index (χ3n) is 2.23. The molecule has 0 N–H and O–H groups in total. The number of hydrogen-bond acceptors (Lipinski definition) is 3. The van der Waals surface area contributed by atoms with Crippen LogP contribution in [-0.4, -0.2) is 19.7 Å². The molecule has 0 atom stereocenters. The summed E-state index contributed by atoms with van der Waals surface area (Å²) in [6.45, 7) is 5.81. The Morgan fingerprint density at radius 1 is 1.41 bits per heavy atom. The SMILES string of the molecule is C=C(C)COC(=O)CCc1cccc(OC)c1. The lowest BCUT2D eigenvalue weighted by Crippen LogP contribution is -2.07. The summed E-state index contributed by atoms with van der Waals surface area (Å²) in [6.07, 6.45) is 1.03. The molecule has 0 bridgehead atoms. The zero-order valence-electron chi connectivity index (χ0n) is 10.4. The monoisotopic (exact) mass is 234 g/mol.